The van der Waals surface area contributed by atoms with E-state index in [-0.39, 0.29) is 18.6 Å². The van der Waals surface area contributed by atoms with Crippen LogP contribution < -0.4 is 32.3 Å². The van der Waals surface area contributed by atoms with Crippen molar-refractivity contribution < 1.29 is 44.1 Å². The molecule has 0 fully saturated rings. The maximum absolute atomic E-state index is 13.5. The van der Waals surface area contributed by atoms with Crippen molar-refractivity contribution in [3.8, 4) is 5.75 Å². The van der Waals surface area contributed by atoms with Gasteiger partial charge in [-0.25, -0.2) is 4.79 Å². The molecule has 5 atom stereocenters. The van der Waals surface area contributed by atoms with E-state index in [0.29, 0.717) is 5.56 Å². The fraction of sp³-hybridized carbons (Fsp3) is 0.419. The third-order valence-corrected chi connectivity index (χ3v) is 6.82. The number of hydrogen-bond donors (Lipinski definition) is 9. The highest BCUT2D eigenvalue weighted by atomic mass is 16.4. The van der Waals surface area contributed by atoms with E-state index in [1.807, 2.05) is 0 Å². The highest BCUT2D eigenvalue weighted by Crippen LogP contribution is 2.12. The number of carbonyl (C=O) groups excluding carboxylic acids is 5. The van der Waals surface area contributed by atoms with E-state index in [0.717, 1.165) is 5.56 Å². The number of phenolic OH excluding ortho intramolecular Hbond substituents is 1. The van der Waals surface area contributed by atoms with Crippen LogP contribution in [0, 0.1) is 5.92 Å². The molecule has 0 spiro atoms. The molecule has 2 aromatic carbocycles. The number of aliphatic carboxylic acids is 1. The highest BCUT2D eigenvalue weighted by Gasteiger charge is 2.30. The number of benzene rings is 2. The van der Waals surface area contributed by atoms with Crippen LogP contribution in [0.15, 0.2) is 54.6 Å². The third-order valence-electron chi connectivity index (χ3n) is 6.82. The topological polar surface area (TPSA) is 249 Å². The number of rotatable bonds is 17. The molecule has 0 unspecified atom stereocenters. The minimum absolute atomic E-state index is 0.00981. The van der Waals surface area contributed by atoms with Gasteiger partial charge in [-0.05, 0) is 36.1 Å². The molecule has 0 aromatic heterocycles. The number of amides is 5. The number of carboxylic acids is 1. The molecule has 0 saturated heterocycles. The van der Waals surface area contributed by atoms with Gasteiger partial charge in [-0.1, -0.05) is 56.3 Å². The molecule has 0 saturated carbocycles. The normalized spacial score (nSPS) is 14.1. The number of hydrogen-bond acceptors (Lipinski definition) is 9. The minimum Gasteiger partial charge on any atom is -0.508 e. The van der Waals surface area contributed by atoms with E-state index in [1.165, 1.54) is 19.1 Å². The van der Waals surface area contributed by atoms with Gasteiger partial charge in [0, 0.05) is 12.8 Å². The quantitative estimate of drug-likeness (QED) is 0.0947. The summed E-state index contributed by atoms with van der Waals surface area (Å²) in [6.07, 6.45) is 0.0479. The lowest BCUT2D eigenvalue weighted by atomic mass is 10.0. The largest absolute Gasteiger partial charge is 0.508 e. The Balaban J connectivity index is 2.20. The molecule has 0 aliphatic rings. The molecule has 2 aromatic rings. The van der Waals surface area contributed by atoms with Gasteiger partial charge in [0.1, 0.15) is 29.9 Å². The van der Waals surface area contributed by atoms with Crippen LogP contribution in [0.25, 0.3) is 0 Å². The summed E-state index contributed by atoms with van der Waals surface area (Å²) in [6.45, 7) is 3.22. The molecule has 15 nitrogen and oxygen atoms in total. The first-order chi connectivity index (χ1) is 21.7. The lowest BCUT2D eigenvalue weighted by Crippen LogP contribution is -2.58. The fourth-order valence-electron chi connectivity index (χ4n) is 4.21. The lowest BCUT2D eigenvalue weighted by molar-refractivity contribution is -0.143. The second kappa shape index (κ2) is 18.1. The second-order valence-electron chi connectivity index (χ2n) is 11.1. The average molecular weight is 643 g/mol. The molecule has 46 heavy (non-hydrogen) atoms. The van der Waals surface area contributed by atoms with Crippen LogP contribution in [0.3, 0.4) is 0 Å². The maximum atomic E-state index is 13.5. The Morgan fingerprint density at radius 2 is 1.22 bits per heavy atom. The summed E-state index contributed by atoms with van der Waals surface area (Å²) in [5.74, 6) is -5.59. The van der Waals surface area contributed by atoms with E-state index in [4.69, 9.17) is 10.8 Å². The third kappa shape index (κ3) is 12.2. The average Bonchev–Trinajstić information content (AvgIpc) is 3.01. The Labute approximate surface area is 266 Å². The van der Waals surface area contributed by atoms with E-state index >= 15 is 0 Å². The smallest absolute Gasteiger partial charge is 0.328 e. The molecule has 0 aliphatic carbocycles. The zero-order chi connectivity index (χ0) is 34.4. The predicted octanol–water partition coefficient (Wildman–Crippen LogP) is -1.69. The van der Waals surface area contributed by atoms with E-state index in [9.17, 15) is 39.0 Å². The molecule has 15 heteroatoms. The number of nitrogens with two attached hydrogens (primary N) is 1. The number of phenols is 1. The minimum atomic E-state index is -1.57. The van der Waals surface area contributed by atoms with Crippen molar-refractivity contribution >= 4 is 35.5 Å². The predicted molar refractivity (Wildman–Crippen MR) is 166 cm³/mol. The highest BCUT2D eigenvalue weighted by molar-refractivity contribution is 5.95. The number of carboxylic acid groups (broad SMARTS) is 1. The van der Waals surface area contributed by atoms with Gasteiger partial charge in [-0.2, -0.15) is 0 Å². The van der Waals surface area contributed by atoms with Crippen molar-refractivity contribution in [2.24, 2.45) is 11.7 Å². The van der Waals surface area contributed by atoms with Crippen LogP contribution >= 0.6 is 0 Å². The number of aliphatic hydroxyl groups excluding tert-OH is 1. The van der Waals surface area contributed by atoms with E-state index < -0.39 is 84.8 Å². The van der Waals surface area contributed by atoms with Crippen molar-refractivity contribution in [1.29, 1.82) is 0 Å². The summed E-state index contributed by atoms with van der Waals surface area (Å²) >= 11 is 0. The molecular formula is C31H42N6O9. The van der Waals surface area contributed by atoms with Crippen LogP contribution in [0.4, 0.5) is 0 Å². The van der Waals surface area contributed by atoms with Gasteiger partial charge in [-0.3, -0.25) is 24.0 Å². The number of nitrogens with one attached hydrogen (secondary N) is 5. The first-order valence-electron chi connectivity index (χ1n) is 14.6. The van der Waals surface area contributed by atoms with Crippen LogP contribution in [-0.4, -0.2) is 94.2 Å². The van der Waals surface area contributed by atoms with Crippen LogP contribution in [0.5, 0.6) is 5.75 Å². The summed E-state index contributed by atoms with van der Waals surface area (Å²) in [7, 11) is 0. The molecule has 0 heterocycles. The van der Waals surface area contributed by atoms with Gasteiger partial charge in [-0.15, -0.1) is 0 Å². The molecule has 2 rings (SSSR count). The summed E-state index contributed by atoms with van der Waals surface area (Å²) in [5, 5.41) is 40.2. The van der Waals surface area contributed by atoms with Gasteiger partial charge in [0.25, 0.3) is 0 Å². The van der Waals surface area contributed by atoms with Gasteiger partial charge >= 0.3 is 5.97 Å². The maximum Gasteiger partial charge on any atom is 0.328 e. The second-order valence-corrected chi connectivity index (χ2v) is 11.1. The first kappa shape index (κ1) is 37.2. The number of aromatic hydroxyl groups is 1. The Hall–Kier alpha value is -5.02. The van der Waals surface area contributed by atoms with Crippen molar-refractivity contribution in [2.75, 3.05) is 13.2 Å². The summed E-state index contributed by atoms with van der Waals surface area (Å²) in [5.41, 5.74) is 7.00. The summed E-state index contributed by atoms with van der Waals surface area (Å²) in [4.78, 5) is 75.8. The molecule has 250 valence electrons. The molecule has 5 amide bonds. The van der Waals surface area contributed by atoms with Crippen molar-refractivity contribution in [3.63, 3.8) is 0 Å². The SMILES string of the molecule is CC(C)[C@H](NC(=O)CNC(=O)[C@H](Cc1ccc(O)cc1)NC(=O)[C@H](Cc1ccccc1)NC(=O)[C@H](C)N)C(=O)N[C@@H](CO)C(=O)O. The van der Waals surface area contributed by atoms with E-state index in [1.54, 1.807) is 56.3 Å². The van der Waals surface area contributed by atoms with Crippen LogP contribution in [0.1, 0.15) is 31.9 Å². The molecule has 0 bridgehead atoms. The summed E-state index contributed by atoms with van der Waals surface area (Å²) < 4.78 is 0. The van der Waals surface area contributed by atoms with Gasteiger partial charge in [0.15, 0.2) is 0 Å². The Kier molecular flexibility index (Phi) is 14.6. The Morgan fingerprint density at radius 3 is 1.74 bits per heavy atom. The molecule has 0 radical (unpaired) electrons. The van der Waals surface area contributed by atoms with Crippen LogP contribution in [-0.2, 0) is 41.6 Å². The fourth-order valence-corrected chi connectivity index (χ4v) is 4.21. The van der Waals surface area contributed by atoms with E-state index in [2.05, 4.69) is 26.6 Å². The van der Waals surface area contributed by atoms with Crippen molar-refractivity contribution in [2.45, 2.75) is 63.8 Å². The lowest BCUT2D eigenvalue weighted by Gasteiger charge is -2.25. The van der Waals surface area contributed by atoms with Gasteiger partial charge < -0.3 is 47.6 Å². The molecular weight excluding hydrogens is 600 g/mol. The summed E-state index contributed by atoms with van der Waals surface area (Å²) in [6, 6.07) is 8.81. The zero-order valence-corrected chi connectivity index (χ0v) is 25.9. The van der Waals surface area contributed by atoms with Crippen LogP contribution in [0.2, 0.25) is 0 Å². The molecule has 0 aliphatic heterocycles. The van der Waals surface area contributed by atoms with Crippen molar-refractivity contribution in [1.82, 2.24) is 26.6 Å². The zero-order valence-electron chi connectivity index (χ0n) is 25.9. The standard InChI is InChI=1S/C31H42N6O9/c1-17(2)26(30(44)36-24(16-38)31(45)46)37-25(40)15-33-28(42)22(14-20-9-11-21(39)12-10-20)35-29(43)23(34-27(41)18(3)32)13-19-7-5-4-6-8-19/h4-12,17-18,22-24,26,38-39H,13-16,32H2,1-3H3,(H,33,42)(H,34,41)(H,35,43)(H,36,44)(H,37,40)(H,45,46)/t18-,22-,23-,24-,26-/m0/s1. The number of aliphatic hydroxyl groups is 1. The van der Waals surface area contributed by atoms with Gasteiger partial charge in [0.2, 0.25) is 29.5 Å². The molecule has 10 N–H and O–H groups in total. The monoisotopic (exact) mass is 642 g/mol. The Morgan fingerprint density at radius 1 is 0.696 bits per heavy atom. The Bertz CT molecular complexity index is 1350. The number of carbonyl (C=O) groups is 6. The van der Waals surface area contributed by atoms with Gasteiger partial charge in [0.05, 0.1) is 19.2 Å². The first-order valence-corrected chi connectivity index (χ1v) is 14.6. The van der Waals surface area contributed by atoms with Crippen molar-refractivity contribution in [3.05, 3.63) is 65.7 Å².